The number of nitrogens with zero attached hydrogens (tertiary/aromatic N) is 3. The second-order valence-electron chi connectivity index (χ2n) is 5.59. The number of hydrogen-bond donors (Lipinski definition) is 1. The van der Waals surface area contributed by atoms with Crippen molar-refractivity contribution in [3.8, 4) is 0 Å². The van der Waals surface area contributed by atoms with Crippen LogP contribution in [0.25, 0.3) is 0 Å². The SMILES string of the molecule is CCCNc1ccnc(C(=O)N2CCN(CC)C(C)C2)c1. The molecule has 5 nitrogen and oxygen atoms in total. The first-order valence-electron chi connectivity index (χ1n) is 7.89. The van der Waals surface area contributed by atoms with Gasteiger partial charge in [-0.25, -0.2) is 0 Å². The summed E-state index contributed by atoms with van der Waals surface area (Å²) in [6.07, 6.45) is 2.76. The van der Waals surface area contributed by atoms with Crippen molar-refractivity contribution in [3.05, 3.63) is 24.0 Å². The quantitative estimate of drug-likeness (QED) is 0.902. The summed E-state index contributed by atoms with van der Waals surface area (Å²) in [5.41, 5.74) is 1.50. The number of carbonyl (C=O) groups excluding carboxylic acids is 1. The normalized spacial score (nSPS) is 19.6. The molecule has 1 aliphatic heterocycles. The summed E-state index contributed by atoms with van der Waals surface area (Å²) in [6, 6.07) is 4.17. The maximum atomic E-state index is 12.6. The molecule has 116 valence electrons. The number of amides is 1. The first kappa shape index (κ1) is 15.8. The lowest BCUT2D eigenvalue weighted by atomic mass is 10.1. The minimum atomic E-state index is 0.0396. The minimum absolute atomic E-state index is 0.0396. The Labute approximate surface area is 127 Å². The molecule has 1 aliphatic rings. The Bertz CT molecular complexity index is 477. The van der Waals surface area contributed by atoms with Gasteiger partial charge in [0.05, 0.1) is 0 Å². The summed E-state index contributed by atoms with van der Waals surface area (Å²) in [6.45, 7) is 10.9. The molecule has 2 rings (SSSR count). The molecular weight excluding hydrogens is 264 g/mol. The Hall–Kier alpha value is -1.62. The van der Waals surface area contributed by atoms with E-state index in [1.807, 2.05) is 17.0 Å². The number of hydrogen-bond acceptors (Lipinski definition) is 4. The lowest BCUT2D eigenvalue weighted by Crippen LogP contribution is -2.53. The summed E-state index contributed by atoms with van der Waals surface area (Å²) >= 11 is 0. The third-order valence-electron chi connectivity index (χ3n) is 4.02. The van der Waals surface area contributed by atoms with E-state index in [0.29, 0.717) is 11.7 Å². The van der Waals surface area contributed by atoms with Crippen molar-refractivity contribution in [1.82, 2.24) is 14.8 Å². The summed E-state index contributed by atoms with van der Waals surface area (Å²) in [4.78, 5) is 21.1. The first-order chi connectivity index (χ1) is 10.2. The Morgan fingerprint density at radius 1 is 1.43 bits per heavy atom. The molecule has 1 atom stereocenters. The van der Waals surface area contributed by atoms with E-state index in [1.165, 1.54) is 0 Å². The molecule has 1 fully saturated rings. The average molecular weight is 290 g/mol. The van der Waals surface area contributed by atoms with Gasteiger partial charge in [-0.15, -0.1) is 0 Å². The molecule has 0 saturated carbocycles. The maximum Gasteiger partial charge on any atom is 0.272 e. The predicted molar refractivity (Wildman–Crippen MR) is 85.6 cm³/mol. The van der Waals surface area contributed by atoms with Crippen LogP contribution in [-0.2, 0) is 0 Å². The van der Waals surface area contributed by atoms with Crippen LogP contribution in [0.15, 0.2) is 18.3 Å². The third kappa shape index (κ3) is 3.94. The summed E-state index contributed by atoms with van der Waals surface area (Å²) in [5, 5.41) is 3.30. The van der Waals surface area contributed by atoms with Crippen LogP contribution in [0.5, 0.6) is 0 Å². The summed E-state index contributed by atoms with van der Waals surface area (Å²) < 4.78 is 0. The number of rotatable bonds is 5. The van der Waals surface area contributed by atoms with Gasteiger partial charge in [0.15, 0.2) is 0 Å². The monoisotopic (exact) mass is 290 g/mol. The zero-order chi connectivity index (χ0) is 15.2. The fraction of sp³-hybridized carbons (Fsp3) is 0.625. The number of nitrogens with one attached hydrogen (secondary N) is 1. The van der Waals surface area contributed by atoms with Crippen molar-refractivity contribution in [2.75, 3.05) is 38.0 Å². The summed E-state index contributed by atoms with van der Waals surface area (Å²) in [7, 11) is 0. The van der Waals surface area contributed by atoms with Crippen LogP contribution >= 0.6 is 0 Å². The van der Waals surface area contributed by atoms with Crippen LogP contribution in [-0.4, -0.2) is 59.5 Å². The first-order valence-corrected chi connectivity index (χ1v) is 7.89. The number of piperazine rings is 1. The number of aromatic nitrogens is 1. The Morgan fingerprint density at radius 2 is 2.24 bits per heavy atom. The summed E-state index contributed by atoms with van der Waals surface area (Å²) in [5.74, 6) is 0.0396. The smallest absolute Gasteiger partial charge is 0.272 e. The maximum absolute atomic E-state index is 12.6. The molecule has 0 bridgehead atoms. The molecule has 0 aliphatic carbocycles. The van der Waals surface area contributed by atoms with E-state index in [4.69, 9.17) is 0 Å². The Kier molecular flexibility index (Phi) is 5.56. The van der Waals surface area contributed by atoms with Gasteiger partial charge in [0.25, 0.3) is 5.91 Å². The molecular formula is C16H26N4O. The van der Waals surface area contributed by atoms with Crippen LogP contribution in [0.2, 0.25) is 0 Å². The molecule has 1 amide bonds. The van der Waals surface area contributed by atoms with E-state index >= 15 is 0 Å². The van der Waals surface area contributed by atoms with Crippen molar-refractivity contribution < 1.29 is 4.79 Å². The van der Waals surface area contributed by atoms with Gasteiger partial charge in [-0.1, -0.05) is 13.8 Å². The highest BCUT2D eigenvalue weighted by Crippen LogP contribution is 2.14. The van der Waals surface area contributed by atoms with Crippen LogP contribution < -0.4 is 5.32 Å². The van der Waals surface area contributed by atoms with Crippen molar-refractivity contribution >= 4 is 11.6 Å². The highest BCUT2D eigenvalue weighted by Gasteiger charge is 2.26. The van der Waals surface area contributed by atoms with E-state index in [9.17, 15) is 4.79 Å². The van der Waals surface area contributed by atoms with Crippen molar-refractivity contribution in [2.24, 2.45) is 0 Å². The van der Waals surface area contributed by atoms with E-state index in [1.54, 1.807) is 6.20 Å². The molecule has 1 saturated heterocycles. The molecule has 21 heavy (non-hydrogen) atoms. The van der Waals surface area contributed by atoms with E-state index in [-0.39, 0.29) is 5.91 Å². The molecule has 1 aromatic heterocycles. The van der Waals surface area contributed by atoms with Gasteiger partial charge in [-0.05, 0) is 32.0 Å². The lowest BCUT2D eigenvalue weighted by molar-refractivity contribution is 0.0523. The van der Waals surface area contributed by atoms with Gasteiger partial charge in [0.1, 0.15) is 5.69 Å². The van der Waals surface area contributed by atoms with E-state index in [0.717, 1.165) is 44.8 Å². The molecule has 0 aromatic carbocycles. The number of carbonyl (C=O) groups is 1. The average Bonchev–Trinajstić information content (AvgIpc) is 2.52. The van der Waals surface area contributed by atoms with Crippen LogP contribution in [0, 0.1) is 0 Å². The molecule has 0 spiro atoms. The number of anilines is 1. The highest BCUT2D eigenvalue weighted by molar-refractivity contribution is 5.93. The molecule has 5 heteroatoms. The van der Waals surface area contributed by atoms with Gasteiger partial charge in [0.2, 0.25) is 0 Å². The van der Waals surface area contributed by atoms with E-state index in [2.05, 4.69) is 36.0 Å². The number of pyridine rings is 1. The third-order valence-corrected chi connectivity index (χ3v) is 4.02. The van der Waals surface area contributed by atoms with Crippen LogP contribution in [0.3, 0.4) is 0 Å². The van der Waals surface area contributed by atoms with Crippen LogP contribution in [0.1, 0.15) is 37.7 Å². The van der Waals surface area contributed by atoms with Crippen molar-refractivity contribution in [3.63, 3.8) is 0 Å². The number of likely N-dealkylation sites (N-methyl/N-ethyl adjacent to an activating group) is 1. The molecule has 1 aromatic rings. The standard InChI is InChI=1S/C16H26N4O/c1-4-7-17-14-6-8-18-15(11-14)16(21)20-10-9-19(5-2)13(3)12-20/h6,8,11,13H,4-5,7,9-10,12H2,1-3H3,(H,17,18). The largest absolute Gasteiger partial charge is 0.385 e. The molecule has 0 radical (unpaired) electrons. The second-order valence-corrected chi connectivity index (χ2v) is 5.59. The minimum Gasteiger partial charge on any atom is -0.385 e. The van der Waals surface area contributed by atoms with Gasteiger partial charge in [-0.3, -0.25) is 14.7 Å². The molecule has 1 N–H and O–H groups in total. The fourth-order valence-electron chi connectivity index (χ4n) is 2.74. The van der Waals surface area contributed by atoms with Crippen molar-refractivity contribution in [1.29, 1.82) is 0 Å². The molecule has 1 unspecified atom stereocenters. The van der Waals surface area contributed by atoms with Gasteiger partial charge in [-0.2, -0.15) is 0 Å². The van der Waals surface area contributed by atoms with Gasteiger partial charge >= 0.3 is 0 Å². The topological polar surface area (TPSA) is 48.5 Å². The zero-order valence-corrected chi connectivity index (χ0v) is 13.3. The Balaban J connectivity index is 2.03. The van der Waals surface area contributed by atoms with Gasteiger partial charge in [0, 0.05) is 44.1 Å². The highest BCUT2D eigenvalue weighted by atomic mass is 16.2. The fourth-order valence-corrected chi connectivity index (χ4v) is 2.74. The van der Waals surface area contributed by atoms with Crippen LogP contribution in [0.4, 0.5) is 5.69 Å². The zero-order valence-electron chi connectivity index (χ0n) is 13.3. The Morgan fingerprint density at radius 3 is 2.90 bits per heavy atom. The second kappa shape index (κ2) is 7.41. The van der Waals surface area contributed by atoms with Crippen molar-refractivity contribution in [2.45, 2.75) is 33.2 Å². The molecule has 2 heterocycles. The lowest BCUT2D eigenvalue weighted by Gasteiger charge is -2.39. The predicted octanol–water partition coefficient (Wildman–Crippen LogP) is 2.07. The van der Waals surface area contributed by atoms with E-state index < -0.39 is 0 Å². The van der Waals surface area contributed by atoms with Gasteiger partial charge < -0.3 is 10.2 Å².